The molecule has 1 atom stereocenters. The standard InChI is InChI=1S/C19H22N2O2/c1-15-6-5-9-18(20-15)23-17-12-13-21(14-17)19(22)11-10-16-7-3-2-4-8-16/h2-9,17H,10-14H2,1H3. The smallest absolute Gasteiger partial charge is 0.223 e. The van der Waals surface area contributed by atoms with E-state index >= 15 is 0 Å². The van der Waals surface area contributed by atoms with Crippen molar-refractivity contribution in [1.82, 2.24) is 9.88 Å². The molecule has 0 bridgehead atoms. The van der Waals surface area contributed by atoms with Crippen molar-refractivity contribution in [3.8, 4) is 5.88 Å². The highest BCUT2D eigenvalue weighted by molar-refractivity contribution is 5.76. The summed E-state index contributed by atoms with van der Waals surface area (Å²) in [6.07, 6.45) is 2.26. The molecule has 1 aliphatic rings. The Hall–Kier alpha value is -2.36. The van der Waals surface area contributed by atoms with Crippen LogP contribution in [0.15, 0.2) is 48.5 Å². The minimum absolute atomic E-state index is 0.0463. The highest BCUT2D eigenvalue weighted by Crippen LogP contribution is 2.18. The first-order valence-electron chi connectivity index (χ1n) is 8.13. The molecule has 1 unspecified atom stereocenters. The quantitative estimate of drug-likeness (QED) is 0.852. The van der Waals surface area contributed by atoms with Crippen molar-refractivity contribution >= 4 is 5.91 Å². The van der Waals surface area contributed by atoms with Crippen molar-refractivity contribution in [2.24, 2.45) is 0 Å². The number of hydrogen-bond donors (Lipinski definition) is 0. The predicted octanol–water partition coefficient (Wildman–Crippen LogP) is 3.00. The third kappa shape index (κ3) is 4.31. The summed E-state index contributed by atoms with van der Waals surface area (Å²) in [4.78, 5) is 18.6. The van der Waals surface area contributed by atoms with E-state index in [1.165, 1.54) is 5.56 Å². The molecule has 1 amide bonds. The zero-order valence-electron chi connectivity index (χ0n) is 13.4. The van der Waals surface area contributed by atoms with Gasteiger partial charge in [-0.05, 0) is 25.0 Å². The minimum Gasteiger partial charge on any atom is -0.472 e. The Labute approximate surface area is 137 Å². The molecule has 4 nitrogen and oxygen atoms in total. The number of likely N-dealkylation sites (tertiary alicyclic amines) is 1. The van der Waals surface area contributed by atoms with Gasteiger partial charge in [-0.2, -0.15) is 0 Å². The normalized spacial score (nSPS) is 17.3. The lowest BCUT2D eigenvalue weighted by Gasteiger charge is -2.17. The lowest BCUT2D eigenvalue weighted by molar-refractivity contribution is -0.130. The molecule has 1 fully saturated rings. The Morgan fingerprint density at radius 1 is 1.22 bits per heavy atom. The first-order chi connectivity index (χ1) is 11.2. The van der Waals surface area contributed by atoms with Crippen LogP contribution >= 0.6 is 0 Å². The molecule has 2 aromatic rings. The van der Waals surface area contributed by atoms with Crippen LogP contribution < -0.4 is 4.74 Å². The fourth-order valence-electron chi connectivity index (χ4n) is 2.86. The number of aryl methyl sites for hydroxylation is 2. The summed E-state index contributed by atoms with van der Waals surface area (Å²) in [7, 11) is 0. The molecule has 0 N–H and O–H groups in total. The maximum atomic E-state index is 12.3. The van der Waals surface area contributed by atoms with Crippen LogP contribution in [0.1, 0.15) is 24.1 Å². The van der Waals surface area contributed by atoms with Crippen molar-refractivity contribution in [1.29, 1.82) is 0 Å². The van der Waals surface area contributed by atoms with Gasteiger partial charge in [0.15, 0.2) is 0 Å². The lowest BCUT2D eigenvalue weighted by atomic mass is 10.1. The van der Waals surface area contributed by atoms with Gasteiger partial charge in [-0.1, -0.05) is 36.4 Å². The van der Waals surface area contributed by atoms with Crippen LogP contribution in [0.4, 0.5) is 0 Å². The number of benzene rings is 1. The van der Waals surface area contributed by atoms with Crippen molar-refractivity contribution in [2.45, 2.75) is 32.3 Å². The Morgan fingerprint density at radius 2 is 2.04 bits per heavy atom. The van der Waals surface area contributed by atoms with Crippen molar-refractivity contribution in [3.63, 3.8) is 0 Å². The van der Waals surface area contributed by atoms with Crippen LogP contribution in [0.2, 0.25) is 0 Å². The van der Waals surface area contributed by atoms with E-state index < -0.39 is 0 Å². The number of aromatic nitrogens is 1. The molecule has 1 aliphatic heterocycles. The van der Waals surface area contributed by atoms with Gasteiger partial charge < -0.3 is 9.64 Å². The second-order valence-electron chi connectivity index (χ2n) is 5.97. The average Bonchev–Trinajstić information content (AvgIpc) is 3.02. The van der Waals surface area contributed by atoms with E-state index in [1.54, 1.807) is 0 Å². The topological polar surface area (TPSA) is 42.4 Å². The Kier molecular flexibility index (Phi) is 4.91. The molecular formula is C19H22N2O2. The van der Waals surface area contributed by atoms with E-state index in [-0.39, 0.29) is 12.0 Å². The van der Waals surface area contributed by atoms with Gasteiger partial charge in [0.05, 0.1) is 6.54 Å². The van der Waals surface area contributed by atoms with E-state index in [2.05, 4.69) is 17.1 Å². The molecule has 23 heavy (non-hydrogen) atoms. The molecule has 3 rings (SSSR count). The first-order valence-corrected chi connectivity index (χ1v) is 8.13. The van der Waals surface area contributed by atoms with Gasteiger partial charge in [0, 0.05) is 31.1 Å². The van der Waals surface area contributed by atoms with Gasteiger partial charge in [-0.3, -0.25) is 4.79 Å². The molecule has 4 heteroatoms. The average molecular weight is 310 g/mol. The molecule has 0 aliphatic carbocycles. The molecule has 2 heterocycles. The van der Waals surface area contributed by atoms with Gasteiger partial charge in [-0.15, -0.1) is 0 Å². The SMILES string of the molecule is Cc1cccc(OC2CCN(C(=O)CCc3ccccc3)C2)n1. The first kappa shape index (κ1) is 15.5. The number of ether oxygens (including phenoxy) is 1. The van der Waals surface area contributed by atoms with E-state index in [0.717, 1.165) is 25.1 Å². The lowest BCUT2D eigenvalue weighted by Crippen LogP contribution is -2.31. The summed E-state index contributed by atoms with van der Waals surface area (Å²) in [5.74, 6) is 0.853. The van der Waals surface area contributed by atoms with Crippen molar-refractivity contribution in [2.75, 3.05) is 13.1 Å². The Balaban J connectivity index is 1.48. The van der Waals surface area contributed by atoms with Crippen LogP contribution in [-0.2, 0) is 11.2 Å². The Morgan fingerprint density at radius 3 is 2.83 bits per heavy atom. The van der Waals surface area contributed by atoms with Gasteiger partial charge in [0.25, 0.3) is 0 Å². The van der Waals surface area contributed by atoms with E-state index in [4.69, 9.17) is 4.74 Å². The molecule has 0 radical (unpaired) electrons. The second-order valence-corrected chi connectivity index (χ2v) is 5.97. The van der Waals surface area contributed by atoms with Crippen molar-refractivity contribution in [3.05, 3.63) is 59.8 Å². The Bertz CT molecular complexity index is 657. The van der Waals surface area contributed by atoms with E-state index in [1.807, 2.05) is 48.2 Å². The third-order valence-corrected chi connectivity index (χ3v) is 4.12. The number of carbonyl (C=O) groups excluding carboxylic acids is 1. The molecule has 1 saturated heterocycles. The zero-order valence-corrected chi connectivity index (χ0v) is 13.4. The summed E-state index contributed by atoms with van der Waals surface area (Å²) >= 11 is 0. The third-order valence-electron chi connectivity index (χ3n) is 4.12. The number of hydrogen-bond acceptors (Lipinski definition) is 3. The van der Waals surface area contributed by atoms with Crippen LogP contribution in [-0.4, -0.2) is 35.0 Å². The maximum Gasteiger partial charge on any atom is 0.223 e. The van der Waals surface area contributed by atoms with Gasteiger partial charge >= 0.3 is 0 Å². The largest absolute Gasteiger partial charge is 0.472 e. The van der Waals surface area contributed by atoms with E-state index in [0.29, 0.717) is 18.8 Å². The molecule has 1 aromatic heterocycles. The molecular weight excluding hydrogens is 288 g/mol. The summed E-state index contributed by atoms with van der Waals surface area (Å²) in [5.41, 5.74) is 2.15. The van der Waals surface area contributed by atoms with Gasteiger partial charge in [0.2, 0.25) is 11.8 Å². The number of pyridine rings is 1. The number of carbonyl (C=O) groups is 1. The minimum atomic E-state index is 0.0463. The van der Waals surface area contributed by atoms with Crippen LogP contribution in [0, 0.1) is 6.92 Å². The number of amides is 1. The highest BCUT2D eigenvalue weighted by atomic mass is 16.5. The maximum absolute atomic E-state index is 12.3. The number of rotatable bonds is 5. The van der Waals surface area contributed by atoms with Gasteiger partial charge in [0.1, 0.15) is 6.10 Å². The predicted molar refractivity (Wildman–Crippen MR) is 89.4 cm³/mol. The second kappa shape index (κ2) is 7.27. The molecule has 0 saturated carbocycles. The monoisotopic (exact) mass is 310 g/mol. The molecule has 1 aromatic carbocycles. The van der Waals surface area contributed by atoms with Crippen LogP contribution in [0.25, 0.3) is 0 Å². The van der Waals surface area contributed by atoms with Crippen LogP contribution in [0.3, 0.4) is 0 Å². The van der Waals surface area contributed by atoms with Gasteiger partial charge in [-0.25, -0.2) is 4.98 Å². The molecule has 0 spiro atoms. The summed E-state index contributed by atoms with van der Waals surface area (Å²) in [6.45, 7) is 3.37. The molecule has 120 valence electrons. The summed E-state index contributed by atoms with van der Waals surface area (Å²) in [6, 6.07) is 15.9. The zero-order chi connectivity index (χ0) is 16.1. The fraction of sp³-hybridized carbons (Fsp3) is 0.368. The van der Waals surface area contributed by atoms with E-state index in [9.17, 15) is 4.79 Å². The van der Waals surface area contributed by atoms with Crippen molar-refractivity contribution < 1.29 is 9.53 Å². The highest BCUT2D eigenvalue weighted by Gasteiger charge is 2.27. The summed E-state index contributed by atoms with van der Waals surface area (Å²) < 4.78 is 5.89. The number of nitrogens with zero attached hydrogens (tertiary/aromatic N) is 2. The van der Waals surface area contributed by atoms with Crippen LogP contribution in [0.5, 0.6) is 5.88 Å². The summed E-state index contributed by atoms with van der Waals surface area (Å²) in [5, 5.41) is 0. The fourth-order valence-corrected chi connectivity index (χ4v) is 2.86.